The number of benzene rings is 1. The van der Waals surface area contributed by atoms with E-state index >= 15 is 0 Å². The number of ketones is 1. The van der Waals surface area contributed by atoms with Crippen molar-refractivity contribution in [2.75, 3.05) is 0 Å². The number of rotatable bonds is 2. The standard InChI is InChI=1S/C25H30ClNO2/c1-24-14-12-23(29)27(15-16-3-5-17(26)6-4-16)21(24)9-7-18-19-8-10-22(28)25(19,2)13-11-20(18)24/h3-6,9,18-20H,7-8,10-15H2,1-2H3/t18?,19-,20-,24?,25?/m0/s1. The van der Waals surface area contributed by atoms with Crippen LogP contribution in [0.2, 0.25) is 5.02 Å². The fourth-order valence-corrected chi connectivity index (χ4v) is 7.29. The Bertz CT molecular complexity index is 891. The van der Waals surface area contributed by atoms with Crippen LogP contribution in [0.3, 0.4) is 0 Å². The van der Waals surface area contributed by atoms with Crippen molar-refractivity contribution < 1.29 is 9.59 Å². The van der Waals surface area contributed by atoms with Crippen molar-refractivity contribution in [3.63, 3.8) is 0 Å². The molecule has 0 aromatic heterocycles. The molecule has 4 heteroatoms. The highest BCUT2D eigenvalue weighted by Crippen LogP contribution is 2.63. The summed E-state index contributed by atoms with van der Waals surface area (Å²) < 4.78 is 0. The molecule has 1 aliphatic heterocycles. The molecule has 1 heterocycles. The minimum absolute atomic E-state index is 0.0379. The van der Waals surface area contributed by atoms with Crippen molar-refractivity contribution in [2.24, 2.45) is 28.6 Å². The summed E-state index contributed by atoms with van der Waals surface area (Å²) in [6.07, 6.45) is 8.86. The molecule has 5 rings (SSSR count). The van der Waals surface area contributed by atoms with Gasteiger partial charge in [0.15, 0.2) is 0 Å². The molecule has 0 N–H and O–H groups in total. The smallest absolute Gasteiger partial charge is 0.227 e. The Morgan fingerprint density at radius 3 is 2.48 bits per heavy atom. The van der Waals surface area contributed by atoms with Crippen LogP contribution in [0.5, 0.6) is 0 Å². The average molecular weight is 412 g/mol. The molecule has 3 fully saturated rings. The van der Waals surface area contributed by atoms with Gasteiger partial charge in [-0.05, 0) is 67.6 Å². The van der Waals surface area contributed by atoms with E-state index in [0.29, 0.717) is 36.5 Å². The van der Waals surface area contributed by atoms with E-state index in [1.807, 2.05) is 29.2 Å². The average Bonchev–Trinajstić information content (AvgIpc) is 3.01. The Morgan fingerprint density at radius 2 is 1.72 bits per heavy atom. The van der Waals surface area contributed by atoms with Crippen LogP contribution >= 0.6 is 11.6 Å². The molecule has 0 radical (unpaired) electrons. The molecule has 3 nitrogen and oxygen atoms in total. The Labute approximate surface area is 178 Å². The van der Waals surface area contributed by atoms with Crippen molar-refractivity contribution >= 4 is 23.3 Å². The summed E-state index contributed by atoms with van der Waals surface area (Å²) in [5, 5.41) is 0.722. The van der Waals surface area contributed by atoms with Crippen molar-refractivity contribution in [3.8, 4) is 0 Å². The third-order valence-corrected chi connectivity index (χ3v) is 9.09. The fourth-order valence-electron chi connectivity index (χ4n) is 7.16. The lowest BCUT2D eigenvalue weighted by molar-refractivity contribution is -0.139. The van der Waals surface area contributed by atoms with E-state index in [0.717, 1.165) is 49.1 Å². The summed E-state index contributed by atoms with van der Waals surface area (Å²) >= 11 is 6.04. The van der Waals surface area contributed by atoms with Gasteiger partial charge in [-0.1, -0.05) is 43.7 Å². The van der Waals surface area contributed by atoms with Crippen LogP contribution in [0.25, 0.3) is 0 Å². The number of allylic oxidation sites excluding steroid dienone is 2. The number of nitrogens with zero attached hydrogens (tertiary/aromatic N) is 1. The number of hydrogen-bond donors (Lipinski definition) is 0. The highest BCUT2D eigenvalue weighted by molar-refractivity contribution is 6.30. The molecule has 29 heavy (non-hydrogen) atoms. The van der Waals surface area contributed by atoms with E-state index in [-0.39, 0.29) is 16.7 Å². The van der Waals surface area contributed by atoms with Crippen molar-refractivity contribution in [1.29, 1.82) is 0 Å². The van der Waals surface area contributed by atoms with Crippen LogP contribution in [0.15, 0.2) is 36.0 Å². The molecule has 4 aliphatic rings. The van der Waals surface area contributed by atoms with Crippen LogP contribution in [0.1, 0.15) is 64.4 Å². The fraction of sp³-hybridized carbons (Fsp3) is 0.600. The molecule has 2 saturated carbocycles. The minimum atomic E-state index is -0.101. The maximum absolute atomic E-state index is 12.9. The third-order valence-electron chi connectivity index (χ3n) is 8.84. The Kier molecular flexibility index (Phi) is 4.47. The summed E-state index contributed by atoms with van der Waals surface area (Å²) in [6, 6.07) is 7.83. The van der Waals surface area contributed by atoms with E-state index in [2.05, 4.69) is 19.9 Å². The van der Waals surface area contributed by atoms with Gasteiger partial charge in [-0.25, -0.2) is 0 Å². The summed E-state index contributed by atoms with van der Waals surface area (Å²) in [5.74, 6) is 2.40. The summed E-state index contributed by atoms with van der Waals surface area (Å²) in [7, 11) is 0. The zero-order valence-electron chi connectivity index (χ0n) is 17.4. The number of likely N-dealkylation sites (tertiary alicyclic amines) is 1. The van der Waals surface area contributed by atoms with Crippen molar-refractivity contribution in [3.05, 3.63) is 46.6 Å². The second-order valence-electron chi connectivity index (χ2n) is 10.1. The van der Waals surface area contributed by atoms with E-state index in [1.165, 1.54) is 5.70 Å². The molecule has 0 bridgehead atoms. The summed E-state index contributed by atoms with van der Waals surface area (Å²) in [6.45, 7) is 5.23. The number of hydrogen-bond acceptors (Lipinski definition) is 2. The quantitative estimate of drug-likeness (QED) is 0.619. The van der Waals surface area contributed by atoms with Gasteiger partial charge in [0.05, 0.1) is 6.54 Å². The Hall–Kier alpha value is -1.61. The molecule has 1 aromatic carbocycles. The minimum Gasteiger partial charge on any atom is -0.312 e. The van der Waals surface area contributed by atoms with Crippen molar-refractivity contribution in [2.45, 2.75) is 65.3 Å². The number of fused-ring (bicyclic) bond motifs is 5. The maximum Gasteiger partial charge on any atom is 0.227 e. The normalized spacial score (nSPS) is 38.9. The first kappa shape index (κ1) is 19.4. The number of halogens is 1. The number of carbonyl (C=O) groups excluding carboxylic acids is 2. The SMILES string of the molecule is CC12CC[C@H]3C(CC=C4N(Cc5ccc(Cl)cc5)C(=O)CCC43C)[C@@H]1CCC2=O. The van der Waals surface area contributed by atoms with Crippen molar-refractivity contribution in [1.82, 2.24) is 4.90 Å². The zero-order valence-corrected chi connectivity index (χ0v) is 18.2. The van der Waals surface area contributed by atoms with E-state index in [1.54, 1.807) is 0 Å². The summed E-state index contributed by atoms with van der Waals surface area (Å²) in [5.41, 5.74) is 2.29. The first-order valence-corrected chi connectivity index (χ1v) is 11.5. The Balaban J connectivity index is 1.47. The molecular weight excluding hydrogens is 382 g/mol. The predicted octanol–water partition coefficient (Wildman–Crippen LogP) is 5.77. The molecule has 1 saturated heterocycles. The number of carbonyl (C=O) groups is 2. The van der Waals surface area contributed by atoms with Gasteiger partial charge < -0.3 is 4.90 Å². The largest absolute Gasteiger partial charge is 0.312 e. The highest BCUT2D eigenvalue weighted by Gasteiger charge is 2.59. The van der Waals surface area contributed by atoms with Gasteiger partial charge in [0, 0.05) is 34.4 Å². The maximum atomic E-state index is 12.9. The zero-order chi connectivity index (χ0) is 20.4. The van der Waals surface area contributed by atoms with Gasteiger partial charge in [-0.3, -0.25) is 9.59 Å². The van der Waals surface area contributed by atoms with Gasteiger partial charge in [0.25, 0.3) is 0 Å². The molecule has 5 atom stereocenters. The third kappa shape index (κ3) is 2.84. The lowest BCUT2D eigenvalue weighted by Crippen LogP contribution is -2.54. The molecule has 0 spiro atoms. The van der Waals surface area contributed by atoms with Gasteiger partial charge in [0.1, 0.15) is 5.78 Å². The lowest BCUT2D eigenvalue weighted by Gasteiger charge is -2.57. The van der Waals surface area contributed by atoms with E-state index < -0.39 is 0 Å². The van der Waals surface area contributed by atoms with Crippen LogP contribution in [0, 0.1) is 28.6 Å². The van der Waals surface area contributed by atoms with E-state index in [9.17, 15) is 9.59 Å². The topological polar surface area (TPSA) is 37.4 Å². The molecule has 3 aliphatic carbocycles. The number of Topliss-reactive ketones (excluding diaryl/α,β-unsaturated/α-hetero) is 1. The van der Waals surface area contributed by atoms with Gasteiger partial charge >= 0.3 is 0 Å². The second kappa shape index (κ2) is 6.70. The Morgan fingerprint density at radius 1 is 1.00 bits per heavy atom. The van der Waals surface area contributed by atoms with Gasteiger partial charge in [0.2, 0.25) is 5.91 Å². The van der Waals surface area contributed by atoms with Gasteiger partial charge in [-0.2, -0.15) is 0 Å². The predicted molar refractivity (Wildman–Crippen MR) is 114 cm³/mol. The van der Waals surface area contributed by atoms with Crippen LogP contribution in [-0.2, 0) is 16.1 Å². The number of amides is 1. The number of piperidine rings is 1. The molecule has 154 valence electrons. The summed E-state index contributed by atoms with van der Waals surface area (Å²) in [4.78, 5) is 27.6. The first-order chi connectivity index (χ1) is 13.8. The molecular formula is C25H30ClNO2. The van der Waals surface area contributed by atoms with Crippen LogP contribution in [0.4, 0.5) is 0 Å². The van der Waals surface area contributed by atoms with Crippen LogP contribution in [-0.4, -0.2) is 16.6 Å². The molecule has 3 unspecified atom stereocenters. The monoisotopic (exact) mass is 411 g/mol. The van der Waals surface area contributed by atoms with Crippen LogP contribution < -0.4 is 0 Å². The molecule has 1 aromatic rings. The van der Waals surface area contributed by atoms with Gasteiger partial charge in [-0.15, -0.1) is 0 Å². The lowest BCUT2D eigenvalue weighted by atomic mass is 9.50. The highest BCUT2D eigenvalue weighted by atomic mass is 35.5. The molecule has 1 amide bonds. The first-order valence-electron chi connectivity index (χ1n) is 11.1. The second-order valence-corrected chi connectivity index (χ2v) is 10.6. The van der Waals surface area contributed by atoms with E-state index in [4.69, 9.17) is 11.6 Å².